The number of benzene rings is 2. The maximum atomic E-state index is 12.7. The summed E-state index contributed by atoms with van der Waals surface area (Å²) in [6.07, 6.45) is -16.7. The average molecular weight is 595 g/mol. The molecule has 3 aromatic rings. The molecule has 228 valence electrons. The Labute approximate surface area is 236 Å². The summed E-state index contributed by atoms with van der Waals surface area (Å²) in [6, 6.07) is 10.8. The van der Waals surface area contributed by atoms with E-state index in [9.17, 15) is 50.8 Å². The zero-order valence-corrected chi connectivity index (χ0v) is 21.7. The molecule has 0 amide bonds. The number of rotatable bonds is 7. The summed E-state index contributed by atoms with van der Waals surface area (Å²) in [7, 11) is 0. The van der Waals surface area contributed by atoms with Crippen molar-refractivity contribution in [2.24, 2.45) is 0 Å². The third-order valence-electron chi connectivity index (χ3n) is 7.17. The van der Waals surface area contributed by atoms with Gasteiger partial charge in [0.1, 0.15) is 65.6 Å². The SMILES string of the molecule is O=c1cc(-c2ccccc2)oc2cc(O[C@@H]3O[C@H](CO[C@@H]4O[C@H](CO)[C@@H](O)[C@H](O)[C@H]4O)[C@@H](O)[C@H](O)[C@H]3O)c(O)c(O)c12. The van der Waals surface area contributed by atoms with Gasteiger partial charge in [0, 0.05) is 17.7 Å². The van der Waals surface area contributed by atoms with Crippen LogP contribution in [0, 0.1) is 0 Å². The molecule has 0 bridgehead atoms. The van der Waals surface area contributed by atoms with Crippen molar-refractivity contribution >= 4 is 11.0 Å². The number of aliphatic hydroxyl groups excluding tert-OH is 7. The van der Waals surface area contributed by atoms with Crippen LogP contribution in [0.4, 0.5) is 0 Å². The first-order chi connectivity index (χ1) is 20.0. The van der Waals surface area contributed by atoms with Crippen LogP contribution in [0.5, 0.6) is 17.2 Å². The van der Waals surface area contributed by atoms with Crippen LogP contribution in [-0.2, 0) is 14.2 Å². The van der Waals surface area contributed by atoms with Crippen LogP contribution in [0.2, 0.25) is 0 Å². The Hall–Kier alpha value is -3.35. The molecule has 0 aliphatic carbocycles. The van der Waals surface area contributed by atoms with Gasteiger partial charge >= 0.3 is 0 Å². The van der Waals surface area contributed by atoms with Gasteiger partial charge < -0.3 is 69.3 Å². The van der Waals surface area contributed by atoms with Gasteiger partial charge in [-0.3, -0.25) is 4.79 Å². The highest BCUT2D eigenvalue weighted by atomic mass is 16.7. The first kappa shape index (κ1) is 30.1. The van der Waals surface area contributed by atoms with Crippen LogP contribution < -0.4 is 10.2 Å². The predicted molar refractivity (Wildman–Crippen MR) is 138 cm³/mol. The molecule has 15 nitrogen and oxygen atoms in total. The molecule has 0 spiro atoms. The van der Waals surface area contributed by atoms with Gasteiger partial charge in [-0.1, -0.05) is 30.3 Å². The molecule has 1 aromatic heterocycles. The number of aromatic hydroxyl groups is 2. The summed E-state index contributed by atoms with van der Waals surface area (Å²) in [5.41, 5.74) is -0.288. The standard InChI is InChI=1S/C27H30O15/c28-8-15-19(31)22(34)24(36)26(41-15)38-9-16-20(32)23(35)25(37)27(42-16)40-14-7-13-17(21(33)18(14)30)11(29)6-12(39-13)10-4-2-1-3-5-10/h1-7,15-16,19-20,22-28,30-37H,8-9H2/t15-,16-,19-,20-,22+,23+,24-,25-,26-,27-/m1/s1. The van der Waals surface area contributed by atoms with E-state index in [1.54, 1.807) is 30.3 Å². The summed E-state index contributed by atoms with van der Waals surface area (Å²) in [6.45, 7) is -1.32. The topological polar surface area (TPSA) is 249 Å². The fourth-order valence-corrected chi connectivity index (χ4v) is 4.78. The predicted octanol–water partition coefficient (Wildman–Crippen LogP) is -2.13. The van der Waals surface area contributed by atoms with Crippen molar-refractivity contribution in [1.82, 2.24) is 0 Å². The van der Waals surface area contributed by atoms with Crippen LogP contribution in [-0.4, -0.2) is 121 Å². The molecule has 5 rings (SSSR count). The monoisotopic (exact) mass is 594 g/mol. The molecule has 2 aliphatic rings. The van der Waals surface area contributed by atoms with Crippen molar-refractivity contribution in [2.75, 3.05) is 13.2 Å². The summed E-state index contributed by atoms with van der Waals surface area (Å²) < 4.78 is 27.5. The fraction of sp³-hybridized carbons (Fsp3) is 0.444. The second-order valence-electron chi connectivity index (χ2n) is 9.95. The molecule has 2 aliphatic heterocycles. The Morgan fingerprint density at radius 3 is 2.02 bits per heavy atom. The van der Waals surface area contributed by atoms with Crippen molar-refractivity contribution in [3.8, 4) is 28.6 Å². The fourth-order valence-electron chi connectivity index (χ4n) is 4.78. The van der Waals surface area contributed by atoms with E-state index in [-0.39, 0.29) is 16.7 Å². The third-order valence-corrected chi connectivity index (χ3v) is 7.17. The molecular weight excluding hydrogens is 564 g/mol. The van der Waals surface area contributed by atoms with E-state index < -0.39 is 97.3 Å². The number of aliphatic hydroxyl groups is 7. The van der Waals surface area contributed by atoms with Crippen LogP contribution in [0.15, 0.2) is 51.7 Å². The van der Waals surface area contributed by atoms with Crippen LogP contribution in [0.3, 0.4) is 0 Å². The molecular formula is C27H30O15. The van der Waals surface area contributed by atoms with E-state index in [1.807, 2.05) is 0 Å². The maximum absolute atomic E-state index is 12.7. The largest absolute Gasteiger partial charge is 0.504 e. The molecule has 3 heterocycles. The van der Waals surface area contributed by atoms with Crippen molar-refractivity contribution in [2.45, 2.75) is 61.4 Å². The summed E-state index contributed by atoms with van der Waals surface area (Å²) in [5, 5.41) is 91.6. The molecule has 10 atom stereocenters. The normalized spacial score (nSPS) is 33.5. The summed E-state index contributed by atoms with van der Waals surface area (Å²) >= 11 is 0. The smallest absolute Gasteiger partial charge is 0.229 e. The molecule has 42 heavy (non-hydrogen) atoms. The first-order valence-electron chi connectivity index (χ1n) is 12.9. The number of phenolic OH excluding ortho intramolecular Hbond substituents is 2. The number of ether oxygens (including phenoxy) is 4. The minimum atomic E-state index is -1.89. The highest BCUT2D eigenvalue weighted by Gasteiger charge is 2.48. The highest BCUT2D eigenvalue weighted by molar-refractivity contribution is 5.89. The number of phenols is 2. The molecule has 9 N–H and O–H groups in total. The number of fused-ring (bicyclic) bond motifs is 1. The quantitative estimate of drug-likeness (QED) is 0.133. The Balaban J connectivity index is 1.37. The minimum Gasteiger partial charge on any atom is -0.504 e. The zero-order chi connectivity index (χ0) is 30.3. The van der Waals surface area contributed by atoms with Crippen molar-refractivity contribution in [1.29, 1.82) is 0 Å². The van der Waals surface area contributed by atoms with Gasteiger partial charge in [0.25, 0.3) is 0 Å². The Kier molecular flexibility index (Phi) is 8.68. The van der Waals surface area contributed by atoms with Crippen LogP contribution in [0.1, 0.15) is 0 Å². The Morgan fingerprint density at radius 2 is 1.36 bits per heavy atom. The zero-order valence-electron chi connectivity index (χ0n) is 21.7. The summed E-state index contributed by atoms with van der Waals surface area (Å²) in [5.74, 6) is -2.12. The van der Waals surface area contributed by atoms with E-state index in [0.717, 1.165) is 12.1 Å². The lowest BCUT2D eigenvalue weighted by Gasteiger charge is -2.42. The van der Waals surface area contributed by atoms with Crippen molar-refractivity contribution < 1.29 is 69.3 Å². The van der Waals surface area contributed by atoms with Gasteiger partial charge in [-0.25, -0.2) is 0 Å². The van der Waals surface area contributed by atoms with E-state index in [0.29, 0.717) is 5.56 Å². The van der Waals surface area contributed by atoms with E-state index in [2.05, 4.69) is 0 Å². The molecule has 0 saturated carbocycles. The lowest BCUT2D eigenvalue weighted by atomic mass is 9.98. The maximum Gasteiger partial charge on any atom is 0.229 e. The minimum absolute atomic E-state index is 0.155. The second kappa shape index (κ2) is 12.1. The van der Waals surface area contributed by atoms with Crippen LogP contribution >= 0.6 is 0 Å². The molecule has 15 heteroatoms. The van der Waals surface area contributed by atoms with Gasteiger partial charge in [0.2, 0.25) is 12.0 Å². The van der Waals surface area contributed by atoms with Crippen molar-refractivity contribution in [3.63, 3.8) is 0 Å². The molecule has 2 saturated heterocycles. The molecule has 2 fully saturated rings. The summed E-state index contributed by atoms with van der Waals surface area (Å²) in [4.78, 5) is 12.7. The van der Waals surface area contributed by atoms with Gasteiger partial charge in [0.15, 0.2) is 23.2 Å². The molecule has 0 radical (unpaired) electrons. The average Bonchev–Trinajstić information content (AvgIpc) is 2.99. The highest BCUT2D eigenvalue weighted by Crippen LogP contribution is 2.42. The Bertz CT molecular complexity index is 1440. The van der Waals surface area contributed by atoms with E-state index >= 15 is 0 Å². The number of hydrogen-bond donors (Lipinski definition) is 9. The number of hydrogen-bond acceptors (Lipinski definition) is 15. The van der Waals surface area contributed by atoms with Gasteiger partial charge in [-0.15, -0.1) is 0 Å². The first-order valence-corrected chi connectivity index (χ1v) is 12.9. The van der Waals surface area contributed by atoms with Crippen LogP contribution in [0.25, 0.3) is 22.3 Å². The van der Waals surface area contributed by atoms with Gasteiger partial charge in [-0.2, -0.15) is 0 Å². The van der Waals surface area contributed by atoms with E-state index in [1.165, 1.54) is 0 Å². The lowest BCUT2D eigenvalue weighted by molar-refractivity contribution is -0.323. The third kappa shape index (κ3) is 5.55. The Morgan fingerprint density at radius 1 is 0.738 bits per heavy atom. The second-order valence-corrected chi connectivity index (χ2v) is 9.95. The molecule has 2 aromatic carbocycles. The van der Waals surface area contributed by atoms with E-state index in [4.69, 9.17) is 23.4 Å². The lowest BCUT2D eigenvalue weighted by Crippen LogP contribution is -2.62. The van der Waals surface area contributed by atoms with Gasteiger partial charge in [-0.05, 0) is 0 Å². The van der Waals surface area contributed by atoms with Gasteiger partial charge in [0.05, 0.1) is 13.2 Å². The molecule has 0 unspecified atom stereocenters. The van der Waals surface area contributed by atoms with Crippen molar-refractivity contribution in [3.05, 3.63) is 52.7 Å².